The Kier molecular flexibility index (Phi) is 7.64. The molecule has 42 heavy (non-hydrogen) atoms. The van der Waals surface area contributed by atoms with E-state index in [0.717, 1.165) is 12.1 Å². The molecule has 0 unspecified atom stereocenters. The number of rotatable bonds is 8. The Bertz CT molecular complexity index is 1850. The van der Waals surface area contributed by atoms with Gasteiger partial charge in [0, 0.05) is 35.5 Å². The van der Waals surface area contributed by atoms with Crippen LogP contribution in [-0.4, -0.2) is 36.4 Å². The molecule has 0 bridgehead atoms. The van der Waals surface area contributed by atoms with E-state index >= 15 is 0 Å². The van der Waals surface area contributed by atoms with Crippen molar-refractivity contribution in [1.82, 2.24) is 24.5 Å². The van der Waals surface area contributed by atoms with Crippen molar-refractivity contribution < 1.29 is 31.9 Å². The van der Waals surface area contributed by atoms with E-state index in [0.29, 0.717) is 29.1 Å². The number of fused-ring (bicyclic) bond motifs is 1. The van der Waals surface area contributed by atoms with E-state index in [4.69, 9.17) is 22.1 Å². The molecule has 2 amide bonds. The number of alkyl halides is 3. The first-order valence-corrected chi connectivity index (χ1v) is 13.4. The van der Waals surface area contributed by atoms with Gasteiger partial charge in [0.15, 0.2) is 12.4 Å². The maximum Gasteiger partial charge on any atom is 0.433 e. The van der Waals surface area contributed by atoms with E-state index in [-0.39, 0.29) is 49.5 Å². The number of thiophene rings is 1. The molecule has 5 rings (SSSR count). The van der Waals surface area contributed by atoms with Gasteiger partial charge in [0.2, 0.25) is 0 Å². The molecule has 16 heteroatoms. The van der Waals surface area contributed by atoms with Gasteiger partial charge in [-0.05, 0) is 43.7 Å². The summed E-state index contributed by atoms with van der Waals surface area (Å²) in [7, 11) is 0. The predicted octanol–water partition coefficient (Wildman–Crippen LogP) is 5.88. The molecule has 0 spiro atoms. The van der Waals surface area contributed by atoms with Crippen LogP contribution < -0.4 is 15.8 Å². The number of hydrogen-bond donors (Lipinski definition) is 2. The maximum atomic E-state index is 13.8. The van der Waals surface area contributed by atoms with E-state index in [2.05, 4.69) is 20.5 Å². The number of aromatic nitrogens is 5. The average molecular weight is 622 g/mol. The molecule has 5 aromatic rings. The lowest BCUT2D eigenvalue weighted by Crippen LogP contribution is -2.18. The van der Waals surface area contributed by atoms with Gasteiger partial charge in [-0.3, -0.25) is 14.3 Å². The second-order valence-electron chi connectivity index (χ2n) is 8.91. The van der Waals surface area contributed by atoms with Crippen molar-refractivity contribution >= 4 is 50.7 Å². The molecule has 4 aromatic heterocycles. The minimum absolute atomic E-state index is 0.0699. The summed E-state index contributed by atoms with van der Waals surface area (Å²) in [4.78, 5) is 29.0. The largest absolute Gasteiger partial charge is 0.471 e. The molecule has 0 atom stereocenters. The molecular weight excluding hydrogens is 602 g/mol. The minimum Gasteiger partial charge on any atom is -0.471 e. The lowest BCUT2D eigenvalue weighted by atomic mass is 10.0. The zero-order chi connectivity index (χ0) is 30.3. The Labute approximate surface area is 243 Å². The zero-order valence-electron chi connectivity index (χ0n) is 21.8. The summed E-state index contributed by atoms with van der Waals surface area (Å²) >= 11 is 6.39. The summed E-state index contributed by atoms with van der Waals surface area (Å²) in [6, 6.07) is 6.00. The molecule has 0 fully saturated rings. The van der Waals surface area contributed by atoms with Gasteiger partial charge in [-0.1, -0.05) is 11.6 Å². The number of amides is 2. The lowest BCUT2D eigenvalue weighted by molar-refractivity contribution is -0.140. The van der Waals surface area contributed by atoms with Crippen molar-refractivity contribution in [2.24, 2.45) is 5.73 Å². The SMILES string of the molecule is CCn1ncc(-c2cc(C(F)(F)F)nc3sc(C(N)=O)c(NC(=O)c4ccn(COc5ccc(F)c(Cl)c5)n4)c23)c1C. The normalized spacial score (nSPS) is 11.7. The smallest absolute Gasteiger partial charge is 0.433 e. The number of halogens is 5. The first-order chi connectivity index (χ1) is 19.9. The molecule has 1 aromatic carbocycles. The Morgan fingerprint density at radius 3 is 2.60 bits per heavy atom. The molecular formula is C26H20ClF4N7O3S. The number of aryl methyl sites for hydroxylation is 1. The molecule has 3 N–H and O–H groups in total. The number of nitrogens with one attached hydrogen (secondary N) is 1. The van der Waals surface area contributed by atoms with Crippen LogP contribution in [0.3, 0.4) is 0 Å². The maximum absolute atomic E-state index is 13.8. The van der Waals surface area contributed by atoms with Crippen molar-refractivity contribution in [3.63, 3.8) is 0 Å². The summed E-state index contributed by atoms with van der Waals surface area (Å²) in [5.41, 5.74) is 5.20. The topological polar surface area (TPSA) is 130 Å². The fraction of sp³-hybridized carbons (Fsp3) is 0.192. The molecule has 4 heterocycles. The van der Waals surface area contributed by atoms with Crippen LogP contribution in [0.25, 0.3) is 21.3 Å². The standard InChI is InChI=1S/C26H20ClF4N7O3S/c1-3-38-12(2)15(10-33-38)14-9-19(26(29,30)31)34-25-20(14)21(22(42-25)23(32)39)35-24(40)18-6-7-37(36-18)11-41-13-4-5-17(28)16(27)8-13/h4-10H,3,11H2,1-2H3,(H2,32,39)(H,35,40). The van der Waals surface area contributed by atoms with Gasteiger partial charge in [-0.25, -0.2) is 14.1 Å². The number of ether oxygens (including phenoxy) is 1. The number of pyridine rings is 1. The molecule has 218 valence electrons. The van der Waals surface area contributed by atoms with Crippen LogP contribution in [0.15, 0.2) is 42.7 Å². The number of nitrogens with zero attached hydrogens (tertiary/aromatic N) is 5. The van der Waals surface area contributed by atoms with Crippen LogP contribution in [0.4, 0.5) is 23.2 Å². The van der Waals surface area contributed by atoms with Gasteiger partial charge in [0.25, 0.3) is 11.8 Å². The fourth-order valence-electron chi connectivity index (χ4n) is 4.22. The number of primary amides is 1. The van der Waals surface area contributed by atoms with Crippen LogP contribution in [0.1, 0.15) is 38.5 Å². The molecule has 10 nitrogen and oxygen atoms in total. The number of nitrogens with two attached hydrogens (primary N) is 1. The van der Waals surface area contributed by atoms with E-state index in [9.17, 15) is 27.2 Å². The van der Waals surface area contributed by atoms with Gasteiger partial charge >= 0.3 is 6.18 Å². The van der Waals surface area contributed by atoms with Crippen LogP contribution in [0.2, 0.25) is 5.02 Å². The lowest BCUT2D eigenvalue weighted by Gasteiger charge is -2.12. The van der Waals surface area contributed by atoms with Crippen LogP contribution >= 0.6 is 22.9 Å². The van der Waals surface area contributed by atoms with Gasteiger partial charge < -0.3 is 15.8 Å². The van der Waals surface area contributed by atoms with Crippen LogP contribution in [0.5, 0.6) is 5.75 Å². The third-order valence-electron chi connectivity index (χ3n) is 6.24. The molecule has 0 radical (unpaired) electrons. The highest BCUT2D eigenvalue weighted by molar-refractivity contribution is 7.21. The summed E-state index contributed by atoms with van der Waals surface area (Å²) in [5, 5.41) is 10.9. The molecule has 0 saturated carbocycles. The molecule has 0 aliphatic heterocycles. The number of benzene rings is 1. The second-order valence-corrected chi connectivity index (χ2v) is 10.3. The first kappa shape index (κ1) is 29.0. The minimum atomic E-state index is -4.79. The third-order valence-corrected chi connectivity index (χ3v) is 7.62. The first-order valence-electron chi connectivity index (χ1n) is 12.2. The third kappa shape index (κ3) is 5.52. The highest BCUT2D eigenvalue weighted by Gasteiger charge is 2.35. The summed E-state index contributed by atoms with van der Waals surface area (Å²) in [5.74, 6) is -2.09. The molecule has 0 aliphatic rings. The number of hydrogen-bond acceptors (Lipinski definition) is 7. The molecule has 0 aliphatic carbocycles. The van der Waals surface area contributed by atoms with E-state index in [1.165, 1.54) is 35.3 Å². The van der Waals surface area contributed by atoms with Crippen molar-refractivity contribution in [1.29, 1.82) is 0 Å². The zero-order valence-corrected chi connectivity index (χ0v) is 23.4. The van der Waals surface area contributed by atoms with Crippen LogP contribution in [0, 0.1) is 12.7 Å². The Balaban J connectivity index is 1.52. The van der Waals surface area contributed by atoms with Gasteiger partial charge in [-0.2, -0.15) is 23.4 Å². The van der Waals surface area contributed by atoms with Crippen molar-refractivity contribution in [2.75, 3.05) is 5.32 Å². The summed E-state index contributed by atoms with van der Waals surface area (Å²) < 4.78 is 63.2. The Morgan fingerprint density at radius 2 is 1.95 bits per heavy atom. The van der Waals surface area contributed by atoms with Crippen molar-refractivity contribution in [2.45, 2.75) is 33.3 Å². The second kappa shape index (κ2) is 11.1. The quantitative estimate of drug-likeness (QED) is 0.208. The number of carbonyl (C=O) groups excluding carboxylic acids is 2. The van der Waals surface area contributed by atoms with Gasteiger partial charge in [0.05, 0.1) is 16.9 Å². The number of anilines is 1. The average Bonchev–Trinajstić information content (AvgIpc) is 3.65. The van der Waals surface area contributed by atoms with Gasteiger partial charge in [0.1, 0.15) is 27.0 Å². The Morgan fingerprint density at radius 1 is 1.19 bits per heavy atom. The highest BCUT2D eigenvalue weighted by atomic mass is 35.5. The van der Waals surface area contributed by atoms with E-state index < -0.39 is 29.5 Å². The monoisotopic (exact) mass is 621 g/mol. The van der Waals surface area contributed by atoms with E-state index in [1.54, 1.807) is 11.6 Å². The fourth-order valence-corrected chi connectivity index (χ4v) is 5.40. The van der Waals surface area contributed by atoms with Crippen LogP contribution in [-0.2, 0) is 19.5 Å². The van der Waals surface area contributed by atoms with Crippen molar-refractivity contribution in [3.8, 4) is 16.9 Å². The van der Waals surface area contributed by atoms with Gasteiger partial charge in [-0.15, -0.1) is 11.3 Å². The van der Waals surface area contributed by atoms with Crippen molar-refractivity contribution in [3.05, 3.63) is 75.5 Å². The highest BCUT2D eigenvalue weighted by Crippen LogP contribution is 2.44. The molecule has 0 saturated heterocycles. The Hall–Kier alpha value is -4.50. The summed E-state index contributed by atoms with van der Waals surface area (Å²) in [6.45, 7) is 3.83. The summed E-state index contributed by atoms with van der Waals surface area (Å²) in [6.07, 6.45) is -1.94. The predicted molar refractivity (Wildman–Crippen MR) is 147 cm³/mol. The number of carbonyl (C=O) groups is 2. The van der Waals surface area contributed by atoms with E-state index in [1.807, 2.05) is 6.92 Å².